The average molecular weight is 649 g/mol. The quantitative estimate of drug-likeness (QED) is 0.179. The Hall–Kier alpha value is -6.56. The second-order valence-electron chi connectivity index (χ2n) is 14.2. The van der Waals surface area contributed by atoms with E-state index in [0.717, 1.165) is 22.2 Å². The lowest BCUT2D eigenvalue weighted by Gasteiger charge is -2.22. The minimum atomic E-state index is -0.182. The first kappa shape index (κ1) is 29.4. The van der Waals surface area contributed by atoms with E-state index in [4.69, 9.17) is 4.98 Å². The molecule has 0 aliphatic heterocycles. The van der Waals surface area contributed by atoms with Gasteiger partial charge in [-0.1, -0.05) is 147 Å². The van der Waals surface area contributed by atoms with Crippen molar-refractivity contribution in [2.24, 2.45) is 0 Å². The Bertz CT molecular complexity index is 2930. The fourth-order valence-electron chi connectivity index (χ4n) is 8.49. The van der Waals surface area contributed by atoms with Crippen molar-refractivity contribution in [2.45, 2.75) is 19.3 Å². The van der Waals surface area contributed by atoms with Crippen molar-refractivity contribution in [3.8, 4) is 50.7 Å². The van der Waals surface area contributed by atoms with Crippen LogP contribution in [0.5, 0.6) is 0 Å². The molecule has 0 saturated carbocycles. The number of benzene rings is 8. The molecule has 238 valence electrons. The summed E-state index contributed by atoms with van der Waals surface area (Å²) in [5.74, 6) is 0. The van der Waals surface area contributed by atoms with Crippen molar-refractivity contribution >= 4 is 43.2 Å². The largest absolute Gasteiger partial charge is 0.246 e. The van der Waals surface area contributed by atoms with Gasteiger partial charge in [0.2, 0.25) is 0 Å². The maximum atomic E-state index is 9.55. The topological polar surface area (TPSA) is 36.7 Å². The molecule has 1 heterocycles. The Morgan fingerprint density at radius 1 is 0.471 bits per heavy atom. The molecule has 8 aromatic carbocycles. The van der Waals surface area contributed by atoms with Crippen LogP contribution in [0.3, 0.4) is 0 Å². The Morgan fingerprint density at radius 3 is 1.90 bits per heavy atom. The summed E-state index contributed by atoms with van der Waals surface area (Å²) in [4.78, 5) is 5.45. The van der Waals surface area contributed by atoms with Crippen LogP contribution in [0.4, 0.5) is 0 Å². The minimum Gasteiger partial charge on any atom is -0.246 e. The zero-order chi connectivity index (χ0) is 34.3. The van der Waals surface area contributed by atoms with E-state index in [2.05, 4.69) is 172 Å². The van der Waals surface area contributed by atoms with Gasteiger partial charge in [-0.05, 0) is 84.9 Å². The molecule has 0 radical (unpaired) electrons. The van der Waals surface area contributed by atoms with Gasteiger partial charge >= 0.3 is 0 Å². The second kappa shape index (κ2) is 11.0. The van der Waals surface area contributed by atoms with Crippen molar-refractivity contribution < 1.29 is 0 Å². The molecule has 1 aliphatic carbocycles. The van der Waals surface area contributed by atoms with E-state index in [-0.39, 0.29) is 5.41 Å². The van der Waals surface area contributed by atoms with Gasteiger partial charge in [-0.15, -0.1) is 0 Å². The number of hydrogen-bond donors (Lipinski definition) is 0. The SMILES string of the molecule is CC1(C)c2cc(C#N)ccc2-c2ccc(-c3ccc(-c4cc5c(-c6ccccc6)nc6c7ccccc7ccc6c5c5ccccc45)cc3)cc21. The maximum Gasteiger partial charge on any atom is 0.0991 e. The van der Waals surface area contributed by atoms with Gasteiger partial charge in [0, 0.05) is 32.5 Å². The highest BCUT2D eigenvalue weighted by Crippen LogP contribution is 2.50. The van der Waals surface area contributed by atoms with E-state index in [9.17, 15) is 5.26 Å². The van der Waals surface area contributed by atoms with Crippen LogP contribution < -0.4 is 0 Å². The number of fused-ring (bicyclic) bond motifs is 10. The third-order valence-electron chi connectivity index (χ3n) is 11.1. The Kier molecular flexibility index (Phi) is 6.32. The number of nitriles is 1. The van der Waals surface area contributed by atoms with Crippen LogP contribution in [0.25, 0.3) is 87.9 Å². The van der Waals surface area contributed by atoms with E-state index in [1.807, 2.05) is 6.07 Å². The molecule has 0 N–H and O–H groups in total. The summed E-state index contributed by atoms with van der Waals surface area (Å²) >= 11 is 0. The molecule has 0 unspecified atom stereocenters. The van der Waals surface area contributed by atoms with Crippen molar-refractivity contribution in [3.05, 3.63) is 174 Å². The Balaban J connectivity index is 1.15. The summed E-state index contributed by atoms with van der Waals surface area (Å²) in [6.45, 7) is 4.53. The van der Waals surface area contributed by atoms with Gasteiger partial charge in [0.05, 0.1) is 22.8 Å². The zero-order valence-corrected chi connectivity index (χ0v) is 28.4. The monoisotopic (exact) mass is 648 g/mol. The van der Waals surface area contributed by atoms with E-state index in [1.54, 1.807) is 0 Å². The number of nitrogens with zero attached hydrogens (tertiary/aromatic N) is 2. The van der Waals surface area contributed by atoms with Crippen molar-refractivity contribution in [2.75, 3.05) is 0 Å². The van der Waals surface area contributed by atoms with Crippen molar-refractivity contribution in [1.82, 2.24) is 4.98 Å². The Morgan fingerprint density at radius 2 is 1.12 bits per heavy atom. The highest BCUT2D eigenvalue weighted by atomic mass is 14.7. The molecule has 0 saturated heterocycles. The molecule has 10 rings (SSSR count). The fraction of sp³-hybridized carbons (Fsp3) is 0.0612. The van der Waals surface area contributed by atoms with Gasteiger partial charge in [0.25, 0.3) is 0 Å². The van der Waals surface area contributed by atoms with Crippen LogP contribution in [0.15, 0.2) is 158 Å². The summed E-state index contributed by atoms with van der Waals surface area (Å²) in [7, 11) is 0. The predicted molar refractivity (Wildman–Crippen MR) is 213 cm³/mol. The molecule has 0 spiro atoms. The third kappa shape index (κ3) is 4.38. The average Bonchev–Trinajstić information content (AvgIpc) is 3.42. The van der Waals surface area contributed by atoms with Crippen LogP contribution in [-0.4, -0.2) is 4.98 Å². The van der Waals surface area contributed by atoms with Crippen LogP contribution >= 0.6 is 0 Å². The maximum absolute atomic E-state index is 9.55. The van der Waals surface area contributed by atoms with Gasteiger partial charge in [-0.2, -0.15) is 5.26 Å². The lowest BCUT2D eigenvalue weighted by molar-refractivity contribution is 0.660. The van der Waals surface area contributed by atoms with E-state index < -0.39 is 0 Å². The first-order valence-corrected chi connectivity index (χ1v) is 17.5. The summed E-state index contributed by atoms with van der Waals surface area (Å²) < 4.78 is 0. The van der Waals surface area contributed by atoms with Crippen LogP contribution in [0.1, 0.15) is 30.5 Å². The molecule has 0 bridgehead atoms. The molecular formula is C49H32N2. The first-order chi connectivity index (χ1) is 25.0. The van der Waals surface area contributed by atoms with Crippen LogP contribution in [0.2, 0.25) is 0 Å². The number of pyridine rings is 1. The standard InChI is InChI=1S/C49H32N2/c1-49(2)44-26-30(29-50)16-23-38(44)39-24-22-35(27-45(39)49)31-17-19-33(20-18-31)42-28-43-46(40-15-9-8-14-37(40)42)41-25-21-32-10-6-7-13-36(32)48(41)51-47(43)34-11-4-3-5-12-34/h3-28H,1-2H3. The van der Waals surface area contributed by atoms with E-state index in [1.165, 1.54) is 76.8 Å². The predicted octanol–water partition coefficient (Wildman–Crippen LogP) is 12.9. The lowest BCUT2D eigenvalue weighted by Crippen LogP contribution is -2.15. The van der Waals surface area contributed by atoms with Crippen molar-refractivity contribution in [3.63, 3.8) is 0 Å². The van der Waals surface area contributed by atoms with Crippen molar-refractivity contribution in [1.29, 1.82) is 5.26 Å². The summed E-state index contributed by atoms with van der Waals surface area (Å²) in [5.41, 5.74) is 13.4. The smallest absolute Gasteiger partial charge is 0.0991 e. The molecule has 0 amide bonds. The van der Waals surface area contributed by atoms with E-state index >= 15 is 0 Å². The van der Waals surface area contributed by atoms with Crippen LogP contribution in [-0.2, 0) is 5.41 Å². The molecule has 1 aliphatic rings. The van der Waals surface area contributed by atoms with Crippen LogP contribution in [0, 0.1) is 11.3 Å². The molecule has 0 atom stereocenters. The zero-order valence-electron chi connectivity index (χ0n) is 28.4. The Labute approximate surface area is 296 Å². The molecule has 51 heavy (non-hydrogen) atoms. The molecule has 2 nitrogen and oxygen atoms in total. The third-order valence-corrected chi connectivity index (χ3v) is 11.1. The first-order valence-electron chi connectivity index (χ1n) is 17.5. The van der Waals surface area contributed by atoms with Gasteiger partial charge in [0.15, 0.2) is 0 Å². The van der Waals surface area contributed by atoms with Gasteiger partial charge in [0.1, 0.15) is 0 Å². The molecule has 9 aromatic rings. The molecule has 2 heteroatoms. The van der Waals surface area contributed by atoms with Gasteiger partial charge in [-0.25, -0.2) is 4.98 Å². The minimum absolute atomic E-state index is 0.182. The lowest BCUT2D eigenvalue weighted by atomic mass is 9.81. The summed E-state index contributed by atoms with van der Waals surface area (Å²) in [6.07, 6.45) is 0. The highest BCUT2D eigenvalue weighted by Gasteiger charge is 2.35. The second-order valence-corrected chi connectivity index (χ2v) is 14.2. The summed E-state index contributed by atoms with van der Waals surface area (Å²) in [5, 5.41) is 17.9. The van der Waals surface area contributed by atoms with E-state index in [0.29, 0.717) is 5.56 Å². The van der Waals surface area contributed by atoms with Gasteiger partial charge < -0.3 is 0 Å². The molecule has 0 fully saturated rings. The highest BCUT2D eigenvalue weighted by molar-refractivity contribution is 6.28. The fourth-order valence-corrected chi connectivity index (χ4v) is 8.49. The summed E-state index contributed by atoms with van der Waals surface area (Å²) in [6, 6.07) is 59.1. The molecule has 1 aromatic heterocycles. The number of rotatable bonds is 3. The normalized spacial score (nSPS) is 13.0. The number of hydrogen-bond acceptors (Lipinski definition) is 2. The van der Waals surface area contributed by atoms with Gasteiger partial charge in [-0.3, -0.25) is 0 Å². The number of aromatic nitrogens is 1. The molecular weight excluding hydrogens is 617 g/mol.